The zero-order valence-corrected chi connectivity index (χ0v) is 20.0. The van der Waals surface area contributed by atoms with E-state index in [0.29, 0.717) is 22.3 Å². The van der Waals surface area contributed by atoms with Gasteiger partial charge in [-0.1, -0.05) is 66.4 Å². The van der Waals surface area contributed by atoms with Crippen molar-refractivity contribution in [3.8, 4) is 0 Å². The summed E-state index contributed by atoms with van der Waals surface area (Å²) >= 11 is 13.9. The molecule has 1 aliphatic rings. The molecule has 2 aromatic rings. The first-order valence-corrected chi connectivity index (χ1v) is 12.5. The molecule has 4 nitrogen and oxygen atoms in total. The molecule has 1 atom stereocenters. The molecule has 31 heavy (non-hydrogen) atoms. The molecule has 2 aromatic carbocycles. The highest BCUT2D eigenvalue weighted by molar-refractivity contribution is 7.99. The van der Waals surface area contributed by atoms with Crippen molar-refractivity contribution in [2.75, 3.05) is 5.75 Å². The molecule has 0 bridgehead atoms. The van der Waals surface area contributed by atoms with Crippen molar-refractivity contribution in [2.24, 2.45) is 0 Å². The van der Waals surface area contributed by atoms with Gasteiger partial charge in [-0.25, -0.2) is 0 Å². The van der Waals surface area contributed by atoms with Gasteiger partial charge in [0.15, 0.2) is 0 Å². The predicted molar refractivity (Wildman–Crippen MR) is 129 cm³/mol. The summed E-state index contributed by atoms with van der Waals surface area (Å²) < 4.78 is 0. The van der Waals surface area contributed by atoms with Crippen LogP contribution in [0.1, 0.15) is 43.7 Å². The van der Waals surface area contributed by atoms with Crippen molar-refractivity contribution in [3.63, 3.8) is 0 Å². The summed E-state index contributed by atoms with van der Waals surface area (Å²) in [5.74, 6) is 0.764. The van der Waals surface area contributed by atoms with Crippen molar-refractivity contribution >= 4 is 46.8 Å². The molecular weight excluding hydrogens is 451 g/mol. The Morgan fingerprint density at radius 2 is 1.87 bits per heavy atom. The van der Waals surface area contributed by atoms with Crippen molar-refractivity contribution in [3.05, 3.63) is 69.7 Å². The van der Waals surface area contributed by atoms with Gasteiger partial charge in [0.1, 0.15) is 6.04 Å². The summed E-state index contributed by atoms with van der Waals surface area (Å²) in [4.78, 5) is 27.7. The zero-order valence-electron chi connectivity index (χ0n) is 17.7. The SMILES string of the molecule is C[C@@H](C(=O)NC1CCCC1)N(Cc1ccccc1Cl)C(=O)CSCc1cccc(Cl)c1. The second kappa shape index (κ2) is 11.8. The lowest BCUT2D eigenvalue weighted by Gasteiger charge is -2.30. The molecule has 0 unspecified atom stereocenters. The minimum absolute atomic E-state index is 0.0824. The van der Waals surface area contributed by atoms with Crippen LogP contribution in [0.2, 0.25) is 10.0 Å². The highest BCUT2D eigenvalue weighted by Crippen LogP contribution is 2.22. The lowest BCUT2D eigenvalue weighted by atomic mass is 10.1. The zero-order chi connectivity index (χ0) is 22.2. The monoisotopic (exact) mass is 478 g/mol. The minimum atomic E-state index is -0.573. The molecule has 0 heterocycles. The first-order chi connectivity index (χ1) is 14.9. The van der Waals surface area contributed by atoms with Crippen molar-refractivity contribution < 1.29 is 9.59 Å². The minimum Gasteiger partial charge on any atom is -0.352 e. The van der Waals surface area contributed by atoms with E-state index in [2.05, 4.69) is 5.32 Å². The molecule has 1 N–H and O–H groups in total. The van der Waals surface area contributed by atoms with E-state index in [0.717, 1.165) is 36.8 Å². The highest BCUT2D eigenvalue weighted by atomic mass is 35.5. The number of hydrogen-bond donors (Lipinski definition) is 1. The highest BCUT2D eigenvalue weighted by Gasteiger charge is 2.28. The normalized spacial score (nSPS) is 14.9. The molecule has 0 spiro atoms. The molecule has 1 saturated carbocycles. The fraction of sp³-hybridized carbons (Fsp3) is 0.417. The average Bonchev–Trinajstić information content (AvgIpc) is 3.25. The van der Waals surface area contributed by atoms with Gasteiger partial charge in [0.05, 0.1) is 5.75 Å². The molecule has 0 radical (unpaired) electrons. The van der Waals surface area contributed by atoms with Gasteiger partial charge in [-0.05, 0) is 49.1 Å². The maximum absolute atomic E-state index is 13.2. The lowest BCUT2D eigenvalue weighted by Crippen LogP contribution is -2.50. The summed E-state index contributed by atoms with van der Waals surface area (Å²) in [5.41, 5.74) is 1.90. The first-order valence-electron chi connectivity index (χ1n) is 10.6. The van der Waals surface area contributed by atoms with Crippen molar-refractivity contribution in [1.82, 2.24) is 10.2 Å². The van der Waals surface area contributed by atoms with Crippen LogP contribution in [0.3, 0.4) is 0 Å². The topological polar surface area (TPSA) is 49.4 Å². The van der Waals surface area contributed by atoms with Crippen LogP contribution >= 0.6 is 35.0 Å². The Labute approximate surface area is 198 Å². The van der Waals surface area contributed by atoms with Crippen LogP contribution in [-0.4, -0.2) is 34.6 Å². The third kappa shape index (κ3) is 7.16. The number of carbonyl (C=O) groups excluding carboxylic acids is 2. The Balaban J connectivity index is 1.66. The van der Waals surface area contributed by atoms with Gasteiger partial charge in [-0.2, -0.15) is 0 Å². The van der Waals surface area contributed by atoms with E-state index in [-0.39, 0.29) is 23.6 Å². The van der Waals surface area contributed by atoms with Gasteiger partial charge in [0.2, 0.25) is 11.8 Å². The number of carbonyl (C=O) groups is 2. The molecular formula is C24H28Cl2N2O2S. The Bertz CT molecular complexity index is 903. The predicted octanol–water partition coefficient (Wildman–Crippen LogP) is 5.70. The Morgan fingerprint density at radius 3 is 2.58 bits per heavy atom. The van der Waals surface area contributed by atoms with Gasteiger partial charge in [0.25, 0.3) is 0 Å². The summed E-state index contributed by atoms with van der Waals surface area (Å²) in [6, 6.07) is 14.7. The van der Waals surface area contributed by atoms with E-state index in [1.54, 1.807) is 17.9 Å². The standard InChI is InChI=1S/C24H28Cl2N2O2S/c1-17(24(30)27-21-10-3-4-11-21)28(14-19-8-2-5-12-22(19)26)23(29)16-31-15-18-7-6-9-20(25)13-18/h2,5-9,12-13,17,21H,3-4,10-11,14-16H2,1H3,(H,27,30)/t17-/m0/s1. The maximum Gasteiger partial charge on any atom is 0.242 e. The van der Waals surface area contributed by atoms with E-state index in [1.165, 1.54) is 11.8 Å². The summed E-state index contributed by atoms with van der Waals surface area (Å²) in [5, 5.41) is 4.39. The number of benzene rings is 2. The molecule has 0 saturated heterocycles. The van der Waals surface area contributed by atoms with Crippen molar-refractivity contribution in [2.45, 2.75) is 57.0 Å². The summed E-state index contributed by atoms with van der Waals surface area (Å²) in [6.07, 6.45) is 4.29. The molecule has 0 aromatic heterocycles. The van der Waals surface area contributed by atoms with Crippen LogP contribution in [0.15, 0.2) is 48.5 Å². The summed E-state index contributed by atoms with van der Waals surface area (Å²) in [7, 11) is 0. The van der Waals surface area contributed by atoms with Gasteiger partial charge >= 0.3 is 0 Å². The van der Waals surface area contributed by atoms with Gasteiger partial charge in [-0.15, -0.1) is 11.8 Å². The summed E-state index contributed by atoms with van der Waals surface area (Å²) in [6.45, 7) is 2.09. The molecule has 3 rings (SSSR count). The molecule has 166 valence electrons. The largest absolute Gasteiger partial charge is 0.352 e. The molecule has 7 heteroatoms. The van der Waals surface area contributed by atoms with Crippen molar-refractivity contribution in [1.29, 1.82) is 0 Å². The third-order valence-electron chi connectivity index (χ3n) is 5.55. The van der Waals surface area contributed by atoms with Crippen LogP contribution in [0, 0.1) is 0 Å². The lowest BCUT2D eigenvalue weighted by molar-refractivity contribution is -0.138. The molecule has 2 amide bonds. The number of halogens is 2. The second-order valence-electron chi connectivity index (χ2n) is 7.90. The fourth-order valence-electron chi connectivity index (χ4n) is 3.75. The molecule has 1 aliphatic carbocycles. The van der Waals surface area contributed by atoms with Crippen LogP contribution in [0.4, 0.5) is 0 Å². The second-order valence-corrected chi connectivity index (χ2v) is 9.73. The fourth-order valence-corrected chi connectivity index (χ4v) is 5.02. The number of rotatable bonds is 9. The van der Waals surface area contributed by atoms with Crippen LogP contribution in [0.25, 0.3) is 0 Å². The Hall–Kier alpha value is -1.69. The van der Waals surface area contributed by atoms with Gasteiger partial charge < -0.3 is 10.2 Å². The van der Waals surface area contributed by atoms with E-state index < -0.39 is 6.04 Å². The van der Waals surface area contributed by atoms with E-state index >= 15 is 0 Å². The maximum atomic E-state index is 13.2. The van der Waals surface area contributed by atoms with Crippen LogP contribution in [0.5, 0.6) is 0 Å². The van der Waals surface area contributed by atoms with Gasteiger partial charge in [0, 0.05) is 28.4 Å². The van der Waals surface area contributed by atoms with E-state index in [1.807, 2.05) is 42.5 Å². The Morgan fingerprint density at radius 1 is 1.13 bits per heavy atom. The number of hydrogen-bond acceptors (Lipinski definition) is 3. The average molecular weight is 479 g/mol. The quantitative estimate of drug-likeness (QED) is 0.502. The third-order valence-corrected chi connectivity index (χ3v) is 7.14. The van der Waals surface area contributed by atoms with E-state index in [4.69, 9.17) is 23.2 Å². The first kappa shape index (κ1) is 24.0. The number of nitrogens with one attached hydrogen (secondary N) is 1. The van der Waals surface area contributed by atoms with Gasteiger partial charge in [-0.3, -0.25) is 9.59 Å². The van der Waals surface area contributed by atoms with E-state index in [9.17, 15) is 9.59 Å². The smallest absolute Gasteiger partial charge is 0.242 e. The number of amides is 2. The number of thioether (sulfide) groups is 1. The van der Waals surface area contributed by atoms with Crippen LogP contribution < -0.4 is 5.32 Å². The molecule has 1 fully saturated rings. The van der Waals surface area contributed by atoms with Crippen LogP contribution in [-0.2, 0) is 21.9 Å². The number of nitrogens with zero attached hydrogens (tertiary/aromatic N) is 1. The Kier molecular flexibility index (Phi) is 9.12. The molecule has 0 aliphatic heterocycles.